The third-order valence-electron chi connectivity index (χ3n) is 11.2. The number of imide groups is 2. The summed E-state index contributed by atoms with van der Waals surface area (Å²) in [6, 6.07) is 9.83. The van der Waals surface area contributed by atoms with Crippen LogP contribution in [0.4, 0.5) is 21.7 Å². The third-order valence-corrected chi connectivity index (χ3v) is 12.5. The molecule has 3 saturated heterocycles. The van der Waals surface area contributed by atoms with Crippen molar-refractivity contribution in [3.8, 4) is 0 Å². The second kappa shape index (κ2) is 16.0. The van der Waals surface area contributed by atoms with Crippen molar-refractivity contribution in [2.75, 3.05) is 54.4 Å². The standard InChI is InChI=1S/C39H42ClFN10O5S/c1-22-4-3-5-27(40)35(22)50-20-33(42-21-52)57-39(50)45-30-18-31(44-23(2)43-30)49-10-8-25(9-11-49)48-14-12-47(13-15-48)19-24-16-26-34(28(41)17-24)38(56)51(37(26)55)29-6-7-32(53)46-36(29)54/h3-5,16-18,20-21,25,29,39H,6-15,19H2,1-2H3,(H,42,52)(H,43,44,45)(H,46,53,54). The Morgan fingerprint density at radius 3 is 2.47 bits per heavy atom. The van der Waals surface area contributed by atoms with Gasteiger partial charge in [0, 0.05) is 70.5 Å². The highest BCUT2D eigenvalue weighted by Crippen LogP contribution is 2.40. The molecule has 2 aromatic carbocycles. The number of benzene rings is 2. The number of fused-ring (bicyclic) bond motifs is 1. The van der Waals surface area contributed by atoms with Gasteiger partial charge in [0.25, 0.3) is 11.8 Å². The first-order valence-corrected chi connectivity index (χ1v) is 20.2. The van der Waals surface area contributed by atoms with Crippen molar-refractivity contribution in [2.45, 2.75) is 63.7 Å². The maximum atomic E-state index is 15.4. The highest BCUT2D eigenvalue weighted by molar-refractivity contribution is 8.04. The quantitative estimate of drug-likeness (QED) is 0.201. The van der Waals surface area contributed by atoms with Crippen LogP contribution in [-0.2, 0) is 20.9 Å². The molecule has 1 aromatic heterocycles. The number of para-hydroxylation sites is 1. The minimum absolute atomic E-state index is 0.00316. The Bertz CT molecular complexity index is 2160. The molecule has 5 aliphatic rings. The topological polar surface area (TPSA) is 163 Å². The normalized spacial score (nSPS) is 22.2. The number of nitrogens with zero attached hydrogens (tertiary/aromatic N) is 7. The highest BCUT2D eigenvalue weighted by atomic mass is 35.5. The van der Waals surface area contributed by atoms with E-state index in [9.17, 15) is 24.0 Å². The number of rotatable bonds is 10. The lowest BCUT2D eigenvalue weighted by Crippen LogP contribution is -2.54. The molecule has 0 radical (unpaired) electrons. The zero-order valence-electron chi connectivity index (χ0n) is 31.5. The fraction of sp³-hybridized carbons (Fsp3) is 0.410. The summed E-state index contributed by atoms with van der Waals surface area (Å²) in [6.07, 6.45) is 4.46. The van der Waals surface area contributed by atoms with Gasteiger partial charge < -0.3 is 20.4 Å². The molecule has 8 rings (SSSR count). The third kappa shape index (κ3) is 7.80. The van der Waals surface area contributed by atoms with E-state index in [1.807, 2.05) is 49.2 Å². The van der Waals surface area contributed by atoms with E-state index in [0.29, 0.717) is 46.3 Å². The lowest BCUT2D eigenvalue weighted by molar-refractivity contribution is -0.136. The Balaban J connectivity index is 0.857. The van der Waals surface area contributed by atoms with E-state index in [2.05, 4.69) is 30.7 Å². The van der Waals surface area contributed by atoms with Gasteiger partial charge in [-0.2, -0.15) is 0 Å². The first kappa shape index (κ1) is 38.8. The number of piperazine rings is 1. The fourth-order valence-electron chi connectivity index (χ4n) is 8.38. The molecule has 6 heterocycles. The average molecular weight is 817 g/mol. The van der Waals surface area contributed by atoms with Gasteiger partial charge in [0.1, 0.15) is 29.3 Å². The second-order valence-electron chi connectivity index (χ2n) is 14.8. The average Bonchev–Trinajstić information content (AvgIpc) is 3.67. The molecule has 5 aliphatic heterocycles. The molecule has 18 heteroatoms. The number of carbonyl (C=O) groups excluding carboxylic acids is 5. The van der Waals surface area contributed by atoms with Crippen molar-refractivity contribution in [3.05, 3.63) is 86.5 Å². The predicted molar refractivity (Wildman–Crippen MR) is 213 cm³/mol. The highest BCUT2D eigenvalue weighted by Gasteiger charge is 2.46. The van der Waals surface area contributed by atoms with Crippen molar-refractivity contribution in [1.29, 1.82) is 0 Å². The Kier molecular flexibility index (Phi) is 10.9. The van der Waals surface area contributed by atoms with E-state index < -0.39 is 35.5 Å². The number of anilines is 3. The molecule has 0 aliphatic carbocycles. The van der Waals surface area contributed by atoms with Gasteiger partial charge in [0.05, 0.1) is 26.9 Å². The summed E-state index contributed by atoms with van der Waals surface area (Å²) in [5.41, 5.74) is 1.73. The summed E-state index contributed by atoms with van der Waals surface area (Å²) < 4.78 is 15.4. The number of hydrogen-bond acceptors (Lipinski definition) is 13. The Morgan fingerprint density at radius 2 is 1.75 bits per heavy atom. The molecule has 0 spiro atoms. The summed E-state index contributed by atoms with van der Waals surface area (Å²) in [6.45, 7) is 9.15. The van der Waals surface area contributed by atoms with Crippen LogP contribution in [0.5, 0.6) is 0 Å². The smallest absolute Gasteiger partial charge is 0.265 e. The van der Waals surface area contributed by atoms with Gasteiger partial charge in [-0.1, -0.05) is 35.5 Å². The maximum absolute atomic E-state index is 15.4. The number of amides is 5. The zero-order chi connectivity index (χ0) is 40.0. The number of carbonyl (C=O) groups is 5. The minimum Gasteiger partial charge on any atom is -0.356 e. The first-order chi connectivity index (χ1) is 27.5. The van der Waals surface area contributed by atoms with Gasteiger partial charge in [0.15, 0.2) is 5.50 Å². The summed E-state index contributed by atoms with van der Waals surface area (Å²) in [5.74, 6) is -1.39. The van der Waals surface area contributed by atoms with Crippen molar-refractivity contribution in [1.82, 2.24) is 35.3 Å². The van der Waals surface area contributed by atoms with Crippen LogP contribution in [0.15, 0.2) is 47.6 Å². The van der Waals surface area contributed by atoms with Gasteiger partial charge >= 0.3 is 0 Å². The van der Waals surface area contributed by atoms with E-state index >= 15 is 4.39 Å². The summed E-state index contributed by atoms with van der Waals surface area (Å²) in [5, 5.41) is 9.73. The van der Waals surface area contributed by atoms with E-state index in [1.165, 1.54) is 17.8 Å². The number of hydrogen-bond donors (Lipinski definition) is 3. The molecule has 2 atom stereocenters. The molecule has 3 fully saturated rings. The number of halogens is 2. The molecular formula is C39H42ClFN10O5S. The van der Waals surface area contributed by atoms with Crippen LogP contribution in [0.25, 0.3) is 0 Å². The van der Waals surface area contributed by atoms with E-state index in [4.69, 9.17) is 21.6 Å². The monoisotopic (exact) mass is 816 g/mol. The van der Waals surface area contributed by atoms with Gasteiger partial charge in [-0.05, 0) is 62.4 Å². The van der Waals surface area contributed by atoms with Crippen LogP contribution in [0.3, 0.4) is 0 Å². The van der Waals surface area contributed by atoms with Crippen molar-refractivity contribution in [3.63, 3.8) is 0 Å². The van der Waals surface area contributed by atoms with Crippen molar-refractivity contribution >= 4 is 70.7 Å². The largest absolute Gasteiger partial charge is 0.356 e. The maximum Gasteiger partial charge on any atom is 0.265 e. The Hall–Kier alpha value is -5.10. The molecule has 5 amide bonds. The SMILES string of the molecule is Cc1nc(NC2SC(NC=O)=CN2c2c(C)cccc2Cl)cc(N2CCC(N3CCN(Cc4cc(F)c5c(c4)C(=O)N(C4CCC(=O)NC4=O)C5=O)CC3)CC2)n1. The number of aromatic nitrogens is 2. The molecular weight excluding hydrogens is 775 g/mol. The zero-order valence-corrected chi connectivity index (χ0v) is 33.0. The Labute approximate surface area is 338 Å². The van der Waals surface area contributed by atoms with Crippen LogP contribution in [-0.4, -0.2) is 112 Å². The predicted octanol–water partition coefficient (Wildman–Crippen LogP) is 3.57. The number of piperidine rings is 2. The lowest BCUT2D eigenvalue weighted by atomic mass is 10.0. The minimum atomic E-state index is -1.14. The molecule has 3 aromatic rings. The molecule has 0 saturated carbocycles. The molecule has 0 bridgehead atoms. The molecule has 15 nitrogen and oxygen atoms in total. The van der Waals surface area contributed by atoms with E-state index in [0.717, 1.165) is 74.1 Å². The van der Waals surface area contributed by atoms with Crippen LogP contribution < -0.4 is 25.8 Å². The van der Waals surface area contributed by atoms with Crippen LogP contribution >= 0.6 is 23.4 Å². The number of aryl methyl sites for hydroxylation is 2. The second-order valence-corrected chi connectivity index (χ2v) is 16.3. The summed E-state index contributed by atoms with van der Waals surface area (Å²) in [4.78, 5) is 81.0. The number of nitrogens with one attached hydrogen (secondary N) is 3. The Morgan fingerprint density at radius 1 is 0.982 bits per heavy atom. The summed E-state index contributed by atoms with van der Waals surface area (Å²) in [7, 11) is 0. The van der Waals surface area contributed by atoms with Gasteiger partial charge in [-0.3, -0.25) is 44.0 Å². The van der Waals surface area contributed by atoms with Gasteiger partial charge in [0.2, 0.25) is 18.2 Å². The van der Waals surface area contributed by atoms with Crippen molar-refractivity contribution < 1.29 is 28.4 Å². The van der Waals surface area contributed by atoms with Crippen LogP contribution in [0, 0.1) is 19.7 Å². The van der Waals surface area contributed by atoms with E-state index in [-0.39, 0.29) is 29.5 Å². The first-order valence-electron chi connectivity index (χ1n) is 19.0. The molecule has 2 unspecified atom stereocenters. The lowest BCUT2D eigenvalue weighted by Gasteiger charge is -2.43. The van der Waals surface area contributed by atoms with E-state index in [1.54, 1.807) is 6.07 Å². The molecule has 57 heavy (non-hydrogen) atoms. The fourth-order valence-corrected chi connectivity index (χ4v) is 9.69. The van der Waals surface area contributed by atoms with Crippen LogP contribution in [0.1, 0.15) is 63.4 Å². The van der Waals surface area contributed by atoms with Gasteiger partial charge in [-0.15, -0.1) is 0 Å². The number of thioether (sulfide) groups is 1. The van der Waals surface area contributed by atoms with Gasteiger partial charge in [-0.25, -0.2) is 14.4 Å². The van der Waals surface area contributed by atoms with Crippen molar-refractivity contribution in [2.24, 2.45) is 0 Å². The van der Waals surface area contributed by atoms with Crippen LogP contribution in [0.2, 0.25) is 5.02 Å². The summed E-state index contributed by atoms with van der Waals surface area (Å²) >= 11 is 8.09. The molecule has 3 N–H and O–H groups in total. The molecule has 298 valence electrons.